The fraction of sp³-hybridized carbons (Fsp3) is 0.467. The van der Waals surface area contributed by atoms with Gasteiger partial charge in [-0.05, 0) is 36.6 Å². The second-order valence-electron chi connectivity index (χ2n) is 4.82. The third kappa shape index (κ3) is 5.40. The summed E-state index contributed by atoms with van der Waals surface area (Å²) in [6, 6.07) is 7.30. The average Bonchev–Trinajstić information content (AvgIpc) is 2.44. The Morgan fingerprint density at radius 2 is 1.95 bits per heavy atom. The summed E-state index contributed by atoms with van der Waals surface area (Å²) < 4.78 is 0. The van der Waals surface area contributed by atoms with Crippen LogP contribution in [0.5, 0.6) is 0 Å². The summed E-state index contributed by atoms with van der Waals surface area (Å²) in [6.07, 6.45) is 1.59. The molecule has 110 valence electrons. The summed E-state index contributed by atoms with van der Waals surface area (Å²) in [7, 11) is 0. The van der Waals surface area contributed by atoms with Crippen LogP contribution in [0.1, 0.15) is 35.7 Å². The Kier molecular flexibility index (Phi) is 6.73. The predicted molar refractivity (Wildman–Crippen MR) is 77.6 cm³/mol. The first-order chi connectivity index (χ1) is 9.56. The highest BCUT2D eigenvalue weighted by atomic mass is 16.4. The predicted octanol–water partition coefficient (Wildman–Crippen LogP) is 1.42. The summed E-state index contributed by atoms with van der Waals surface area (Å²) in [5.41, 5.74) is 7.15. The molecule has 5 nitrogen and oxygen atoms in total. The number of nitrogens with two attached hydrogens (primary N) is 1. The van der Waals surface area contributed by atoms with E-state index in [9.17, 15) is 9.59 Å². The highest BCUT2D eigenvalue weighted by molar-refractivity contribution is 5.94. The van der Waals surface area contributed by atoms with Crippen LogP contribution in [0.3, 0.4) is 0 Å². The molecule has 4 N–H and O–H groups in total. The Balaban J connectivity index is 2.51. The second-order valence-corrected chi connectivity index (χ2v) is 4.82. The van der Waals surface area contributed by atoms with Gasteiger partial charge in [0.2, 0.25) is 0 Å². The molecule has 0 aromatic heterocycles. The number of carboxylic acid groups (broad SMARTS) is 1. The molecule has 1 aromatic rings. The van der Waals surface area contributed by atoms with Crippen molar-refractivity contribution in [2.24, 2.45) is 11.7 Å². The van der Waals surface area contributed by atoms with Crippen LogP contribution >= 0.6 is 0 Å². The lowest BCUT2D eigenvalue weighted by Crippen LogP contribution is -2.30. The largest absolute Gasteiger partial charge is 0.481 e. The van der Waals surface area contributed by atoms with Crippen LogP contribution in [0.2, 0.25) is 0 Å². The maximum atomic E-state index is 11.9. The lowest BCUT2D eigenvalue weighted by atomic mass is 10.0. The summed E-state index contributed by atoms with van der Waals surface area (Å²) in [4.78, 5) is 22.6. The number of carboxylic acids is 1. The number of aliphatic carboxylic acids is 1. The molecule has 0 aliphatic carbocycles. The third-order valence-electron chi connectivity index (χ3n) is 3.24. The molecule has 0 heterocycles. The molecule has 0 saturated carbocycles. The van der Waals surface area contributed by atoms with Gasteiger partial charge in [0.05, 0.1) is 0 Å². The Morgan fingerprint density at radius 1 is 1.30 bits per heavy atom. The van der Waals surface area contributed by atoms with E-state index in [-0.39, 0.29) is 18.2 Å². The Hall–Kier alpha value is -1.88. The number of benzene rings is 1. The molecular formula is C15H22N2O3. The lowest BCUT2D eigenvalue weighted by molar-refractivity contribution is -0.138. The minimum atomic E-state index is -0.836. The van der Waals surface area contributed by atoms with Gasteiger partial charge in [0.25, 0.3) is 5.91 Å². The van der Waals surface area contributed by atoms with Crippen LogP contribution in [-0.4, -0.2) is 30.1 Å². The van der Waals surface area contributed by atoms with E-state index in [0.29, 0.717) is 18.7 Å². The first-order valence-corrected chi connectivity index (χ1v) is 6.85. The van der Waals surface area contributed by atoms with Crippen LogP contribution in [0, 0.1) is 5.92 Å². The van der Waals surface area contributed by atoms with Crippen molar-refractivity contribution in [1.82, 2.24) is 5.32 Å². The molecule has 20 heavy (non-hydrogen) atoms. The standard InChI is InChI=1S/C15H22N2O3/c1-2-11(9-14(18)19)10-17-15(20)13-5-3-12(4-6-13)7-8-16/h3-6,11H,2,7-10,16H2,1H3,(H,17,20)(H,18,19). The number of carbonyl (C=O) groups excluding carboxylic acids is 1. The third-order valence-corrected chi connectivity index (χ3v) is 3.24. The van der Waals surface area contributed by atoms with Gasteiger partial charge in [0.15, 0.2) is 0 Å². The van der Waals surface area contributed by atoms with E-state index in [4.69, 9.17) is 10.8 Å². The first kappa shape index (κ1) is 16.2. The van der Waals surface area contributed by atoms with Gasteiger partial charge in [0, 0.05) is 18.5 Å². The molecular weight excluding hydrogens is 256 g/mol. The zero-order chi connectivity index (χ0) is 15.0. The van der Waals surface area contributed by atoms with Gasteiger partial charge in [0.1, 0.15) is 0 Å². The molecule has 0 bridgehead atoms. The van der Waals surface area contributed by atoms with Crippen molar-refractivity contribution in [1.29, 1.82) is 0 Å². The van der Waals surface area contributed by atoms with E-state index < -0.39 is 5.97 Å². The number of hydrogen-bond donors (Lipinski definition) is 3. The van der Waals surface area contributed by atoms with E-state index in [1.54, 1.807) is 12.1 Å². The number of hydrogen-bond acceptors (Lipinski definition) is 3. The minimum Gasteiger partial charge on any atom is -0.481 e. The molecule has 0 radical (unpaired) electrons. The highest BCUT2D eigenvalue weighted by Gasteiger charge is 2.13. The summed E-state index contributed by atoms with van der Waals surface area (Å²) >= 11 is 0. The fourth-order valence-corrected chi connectivity index (χ4v) is 1.94. The molecule has 0 spiro atoms. The lowest BCUT2D eigenvalue weighted by Gasteiger charge is -2.13. The normalized spacial score (nSPS) is 11.9. The number of nitrogens with one attached hydrogen (secondary N) is 1. The molecule has 0 fully saturated rings. The highest BCUT2D eigenvalue weighted by Crippen LogP contribution is 2.08. The van der Waals surface area contributed by atoms with Crippen LogP contribution in [-0.2, 0) is 11.2 Å². The van der Waals surface area contributed by atoms with Crippen molar-refractivity contribution in [2.75, 3.05) is 13.1 Å². The van der Waals surface area contributed by atoms with E-state index in [1.807, 2.05) is 19.1 Å². The van der Waals surface area contributed by atoms with Crippen molar-refractivity contribution in [2.45, 2.75) is 26.2 Å². The van der Waals surface area contributed by atoms with Crippen molar-refractivity contribution in [3.8, 4) is 0 Å². The molecule has 1 aromatic carbocycles. The molecule has 5 heteroatoms. The summed E-state index contributed by atoms with van der Waals surface area (Å²) in [6.45, 7) is 2.88. The molecule has 1 rings (SSSR count). The van der Waals surface area contributed by atoms with E-state index >= 15 is 0 Å². The van der Waals surface area contributed by atoms with Gasteiger partial charge in [-0.25, -0.2) is 0 Å². The Labute approximate surface area is 119 Å². The number of amides is 1. The van der Waals surface area contributed by atoms with E-state index in [2.05, 4.69) is 5.32 Å². The smallest absolute Gasteiger partial charge is 0.303 e. The quantitative estimate of drug-likeness (QED) is 0.670. The first-order valence-electron chi connectivity index (χ1n) is 6.85. The van der Waals surface area contributed by atoms with E-state index in [0.717, 1.165) is 18.4 Å². The SMILES string of the molecule is CCC(CNC(=O)c1ccc(CCN)cc1)CC(=O)O. The van der Waals surface area contributed by atoms with Crippen LogP contribution < -0.4 is 11.1 Å². The zero-order valence-corrected chi connectivity index (χ0v) is 11.8. The second kappa shape index (κ2) is 8.32. The maximum absolute atomic E-state index is 11.9. The van der Waals surface area contributed by atoms with Gasteiger partial charge in [-0.1, -0.05) is 25.5 Å². The zero-order valence-electron chi connectivity index (χ0n) is 11.8. The number of carbonyl (C=O) groups is 2. The van der Waals surface area contributed by atoms with Crippen molar-refractivity contribution in [3.05, 3.63) is 35.4 Å². The average molecular weight is 278 g/mol. The van der Waals surface area contributed by atoms with Crippen LogP contribution in [0.25, 0.3) is 0 Å². The molecule has 0 saturated heterocycles. The topological polar surface area (TPSA) is 92.4 Å². The minimum absolute atomic E-state index is 0.0343. The van der Waals surface area contributed by atoms with Gasteiger partial charge >= 0.3 is 5.97 Å². The summed E-state index contributed by atoms with van der Waals surface area (Å²) in [5, 5.41) is 11.5. The van der Waals surface area contributed by atoms with Gasteiger partial charge < -0.3 is 16.2 Å². The summed E-state index contributed by atoms with van der Waals surface area (Å²) in [5.74, 6) is -1.04. The van der Waals surface area contributed by atoms with Gasteiger partial charge in [-0.2, -0.15) is 0 Å². The molecule has 0 aliphatic heterocycles. The van der Waals surface area contributed by atoms with Crippen molar-refractivity contribution >= 4 is 11.9 Å². The van der Waals surface area contributed by atoms with Crippen LogP contribution in [0.4, 0.5) is 0 Å². The monoisotopic (exact) mass is 278 g/mol. The molecule has 1 amide bonds. The fourth-order valence-electron chi connectivity index (χ4n) is 1.94. The number of rotatable bonds is 8. The Bertz CT molecular complexity index is 443. The van der Waals surface area contributed by atoms with Crippen LogP contribution in [0.15, 0.2) is 24.3 Å². The van der Waals surface area contributed by atoms with Crippen molar-refractivity contribution < 1.29 is 14.7 Å². The molecule has 1 unspecified atom stereocenters. The Morgan fingerprint density at radius 3 is 2.45 bits per heavy atom. The molecule has 0 aliphatic rings. The molecule has 1 atom stereocenters. The maximum Gasteiger partial charge on any atom is 0.303 e. The van der Waals surface area contributed by atoms with Gasteiger partial charge in [-0.3, -0.25) is 9.59 Å². The van der Waals surface area contributed by atoms with Crippen molar-refractivity contribution in [3.63, 3.8) is 0 Å². The van der Waals surface area contributed by atoms with Gasteiger partial charge in [-0.15, -0.1) is 0 Å². The van der Waals surface area contributed by atoms with E-state index in [1.165, 1.54) is 0 Å².